The number of carbonyl (C=O) groups excluding carboxylic acids is 2. The Morgan fingerprint density at radius 2 is 2.11 bits per heavy atom. The molecule has 28 heavy (non-hydrogen) atoms. The SMILES string of the molecule is Cc1ncsc1CN1C(=O)COC(c2ccc(NC(=O)C3CC3)cc2)C1CO. The van der Waals surface area contributed by atoms with E-state index in [4.69, 9.17) is 4.74 Å². The molecule has 0 spiro atoms. The Kier molecular flexibility index (Phi) is 5.43. The molecule has 2 atom stereocenters. The number of ether oxygens (including phenoxy) is 1. The lowest BCUT2D eigenvalue weighted by molar-refractivity contribution is -0.161. The van der Waals surface area contributed by atoms with E-state index < -0.39 is 12.1 Å². The van der Waals surface area contributed by atoms with Crippen LogP contribution >= 0.6 is 11.3 Å². The summed E-state index contributed by atoms with van der Waals surface area (Å²) in [6.45, 7) is 2.10. The molecular formula is C20H23N3O4S. The fourth-order valence-corrected chi connectivity index (χ4v) is 4.18. The molecule has 0 radical (unpaired) electrons. The van der Waals surface area contributed by atoms with Crippen molar-refractivity contribution in [2.24, 2.45) is 5.92 Å². The molecule has 2 N–H and O–H groups in total. The van der Waals surface area contributed by atoms with E-state index in [9.17, 15) is 14.7 Å². The summed E-state index contributed by atoms with van der Waals surface area (Å²) >= 11 is 1.50. The third-order valence-corrected chi connectivity index (χ3v) is 6.18. The molecule has 8 heteroatoms. The lowest BCUT2D eigenvalue weighted by Gasteiger charge is -2.40. The number of hydrogen-bond donors (Lipinski definition) is 2. The monoisotopic (exact) mass is 401 g/mol. The van der Waals surface area contributed by atoms with Gasteiger partial charge in [-0.2, -0.15) is 0 Å². The lowest BCUT2D eigenvalue weighted by atomic mass is 9.99. The number of hydrogen-bond acceptors (Lipinski definition) is 6. The van der Waals surface area contributed by atoms with E-state index in [2.05, 4.69) is 10.3 Å². The molecule has 1 saturated heterocycles. The van der Waals surface area contributed by atoms with E-state index in [1.807, 2.05) is 31.2 Å². The minimum atomic E-state index is -0.477. The normalized spacial score (nSPS) is 22.4. The van der Waals surface area contributed by atoms with E-state index in [0.717, 1.165) is 34.7 Å². The van der Waals surface area contributed by atoms with E-state index in [1.54, 1.807) is 10.4 Å². The summed E-state index contributed by atoms with van der Waals surface area (Å²) < 4.78 is 5.78. The molecule has 2 aliphatic rings. The van der Waals surface area contributed by atoms with E-state index >= 15 is 0 Å². The Labute approximate surface area is 167 Å². The van der Waals surface area contributed by atoms with Crippen LogP contribution < -0.4 is 5.32 Å². The molecule has 148 valence electrons. The first kappa shape index (κ1) is 19.0. The zero-order valence-corrected chi connectivity index (χ0v) is 16.4. The van der Waals surface area contributed by atoms with Crippen LogP contribution in [0, 0.1) is 12.8 Å². The van der Waals surface area contributed by atoms with Gasteiger partial charge in [0.05, 0.1) is 30.4 Å². The van der Waals surface area contributed by atoms with Gasteiger partial charge in [-0.25, -0.2) is 4.98 Å². The minimum Gasteiger partial charge on any atom is -0.394 e. The van der Waals surface area contributed by atoms with Crippen LogP contribution in [0.25, 0.3) is 0 Å². The highest BCUT2D eigenvalue weighted by molar-refractivity contribution is 7.09. The summed E-state index contributed by atoms with van der Waals surface area (Å²) in [5, 5.41) is 12.9. The Balaban J connectivity index is 1.50. The van der Waals surface area contributed by atoms with E-state index in [0.29, 0.717) is 6.54 Å². The topological polar surface area (TPSA) is 91.8 Å². The largest absolute Gasteiger partial charge is 0.394 e. The zero-order valence-electron chi connectivity index (χ0n) is 15.6. The van der Waals surface area contributed by atoms with Crippen molar-refractivity contribution >= 4 is 28.8 Å². The van der Waals surface area contributed by atoms with Gasteiger partial charge in [0, 0.05) is 16.5 Å². The maximum atomic E-state index is 12.4. The smallest absolute Gasteiger partial charge is 0.249 e. The molecule has 1 aliphatic carbocycles. The second-order valence-corrected chi connectivity index (χ2v) is 8.19. The molecule has 2 fully saturated rings. The molecule has 1 aromatic heterocycles. The minimum absolute atomic E-state index is 0.0286. The van der Waals surface area contributed by atoms with Gasteiger partial charge in [-0.05, 0) is 37.5 Å². The van der Waals surface area contributed by atoms with Crippen LogP contribution in [-0.2, 0) is 20.9 Å². The standard InChI is InChI=1S/C20H23N3O4S/c1-12-17(28-11-21-12)8-23-16(9-24)19(27-10-18(23)25)13-4-6-15(7-5-13)22-20(26)14-2-3-14/h4-7,11,14,16,19,24H,2-3,8-10H2,1H3,(H,22,26). The van der Waals surface area contributed by atoms with Gasteiger partial charge in [0.15, 0.2) is 0 Å². The summed E-state index contributed by atoms with van der Waals surface area (Å²) in [6, 6.07) is 6.95. The highest BCUT2D eigenvalue weighted by atomic mass is 32.1. The Bertz CT molecular complexity index is 863. The zero-order chi connectivity index (χ0) is 19.7. The second-order valence-electron chi connectivity index (χ2n) is 7.25. The fraction of sp³-hybridized carbons (Fsp3) is 0.450. The van der Waals surface area contributed by atoms with Crippen molar-refractivity contribution in [1.82, 2.24) is 9.88 Å². The lowest BCUT2D eigenvalue weighted by Crippen LogP contribution is -2.52. The maximum Gasteiger partial charge on any atom is 0.249 e. The van der Waals surface area contributed by atoms with Crippen LogP contribution in [0.3, 0.4) is 0 Å². The number of benzene rings is 1. The van der Waals surface area contributed by atoms with Crippen LogP contribution in [-0.4, -0.2) is 46.1 Å². The third kappa shape index (κ3) is 3.94. The summed E-state index contributed by atoms with van der Waals surface area (Å²) in [6.07, 6.45) is 1.49. The van der Waals surface area contributed by atoms with Crippen LogP contribution in [0.2, 0.25) is 0 Å². The van der Waals surface area contributed by atoms with Crippen molar-refractivity contribution < 1.29 is 19.4 Å². The van der Waals surface area contributed by atoms with Gasteiger partial charge >= 0.3 is 0 Å². The summed E-state index contributed by atoms with van der Waals surface area (Å²) in [4.78, 5) is 31.3. The summed E-state index contributed by atoms with van der Waals surface area (Å²) in [7, 11) is 0. The van der Waals surface area contributed by atoms with Crippen molar-refractivity contribution in [2.45, 2.75) is 38.5 Å². The number of aryl methyl sites for hydroxylation is 1. The number of aliphatic hydroxyl groups excluding tert-OH is 1. The van der Waals surface area contributed by atoms with Crippen LogP contribution in [0.4, 0.5) is 5.69 Å². The number of anilines is 1. The number of nitrogens with zero attached hydrogens (tertiary/aromatic N) is 2. The second kappa shape index (κ2) is 7.98. The molecule has 2 unspecified atom stereocenters. The van der Waals surface area contributed by atoms with Crippen LogP contribution in [0.5, 0.6) is 0 Å². The molecule has 0 bridgehead atoms. The average Bonchev–Trinajstić information content (AvgIpc) is 3.47. The summed E-state index contributed by atoms with van der Waals surface area (Å²) in [5.74, 6) is 0.0675. The van der Waals surface area contributed by atoms with Gasteiger partial charge in [0.2, 0.25) is 11.8 Å². The molecule has 2 aromatic rings. The fourth-order valence-electron chi connectivity index (χ4n) is 3.40. The highest BCUT2D eigenvalue weighted by Gasteiger charge is 2.37. The van der Waals surface area contributed by atoms with Gasteiger partial charge in [0.25, 0.3) is 0 Å². The molecule has 2 amide bonds. The number of nitrogens with one attached hydrogen (secondary N) is 1. The van der Waals surface area contributed by atoms with E-state index in [-0.39, 0.29) is 30.9 Å². The van der Waals surface area contributed by atoms with Gasteiger partial charge < -0.3 is 20.1 Å². The third-order valence-electron chi connectivity index (χ3n) is 5.26. The first-order valence-electron chi connectivity index (χ1n) is 9.38. The number of morpholine rings is 1. The molecule has 2 heterocycles. The predicted molar refractivity (Wildman–Crippen MR) is 105 cm³/mol. The first-order chi connectivity index (χ1) is 13.6. The number of thiazole rings is 1. The van der Waals surface area contributed by atoms with Crippen LogP contribution in [0.1, 0.15) is 35.1 Å². The van der Waals surface area contributed by atoms with Crippen molar-refractivity contribution in [3.05, 3.63) is 45.9 Å². The predicted octanol–water partition coefficient (Wildman–Crippen LogP) is 2.26. The van der Waals surface area contributed by atoms with Gasteiger partial charge in [-0.15, -0.1) is 11.3 Å². The van der Waals surface area contributed by atoms with E-state index in [1.165, 1.54) is 11.3 Å². The van der Waals surface area contributed by atoms with Gasteiger partial charge in [0.1, 0.15) is 12.7 Å². The van der Waals surface area contributed by atoms with Crippen molar-refractivity contribution in [2.75, 3.05) is 18.5 Å². The van der Waals surface area contributed by atoms with Crippen molar-refractivity contribution in [3.8, 4) is 0 Å². The number of rotatable bonds is 6. The molecule has 4 rings (SSSR count). The molecule has 7 nitrogen and oxygen atoms in total. The molecule has 1 aromatic carbocycles. The molecular weight excluding hydrogens is 378 g/mol. The quantitative estimate of drug-likeness (QED) is 0.775. The maximum absolute atomic E-state index is 12.4. The van der Waals surface area contributed by atoms with Gasteiger partial charge in [-0.1, -0.05) is 12.1 Å². The number of aliphatic hydroxyl groups is 1. The highest BCUT2D eigenvalue weighted by Crippen LogP contribution is 2.33. The van der Waals surface area contributed by atoms with Crippen molar-refractivity contribution in [3.63, 3.8) is 0 Å². The summed E-state index contributed by atoms with van der Waals surface area (Å²) in [5.41, 5.74) is 4.26. The Morgan fingerprint density at radius 1 is 1.36 bits per heavy atom. The number of aromatic nitrogens is 1. The van der Waals surface area contributed by atoms with Crippen LogP contribution in [0.15, 0.2) is 29.8 Å². The van der Waals surface area contributed by atoms with Crippen molar-refractivity contribution in [1.29, 1.82) is 0 Å². The Hall–Kier alpha value is -2.29. The van der Waals surface area contributed by atoms with Gasteiger partial charge in [-0.3, -0.25) is 9.59 Å². The Morgan fingerprint density at radius 3 is 2.71 bits per heavy atom. The first-order valence-corrected chi connectivity index (χ1v) is 10.3. The number of carbonyl (C=O) groups is 2. The average molecular weight is 401 g/mol. The molecule has 1 saturated carbocycles. The molecule has 1 aliphatic heterocycles. The number of amides is 2.